The minimum atomic E-state index is -4.47. The second-order valence-corrected chi connectivity index (χ2v) is 10.5. The lowest BCUT2D eigenvalue weighted by Crippen LogP contribution is -2.54. The summed E-state index contributed by atoms with van der Waals surface area (Å²) >= 11 is 0. The first kappa shape index (κ1) is 27.3. The molecule has 6 nitrogen and oxygen atoms in total. The zero-order valence-electron chi connectivity index (χ0n) is 21.0. The van der Waals surface area contributed by atoms with E-state index in [1.807, 2.05) is 0 Å². The van der Waals surface area contributed by atoms with Crippen LogP contribution in [0.1, 0.15) is 50.5 Å². The minimum absolute atomic E-state index is 0.00557. The van der Waals surface area contributed by atoms with Crippen LogP contribution in [0, 0.1) is 11.8 Å². The number of halogens is 3. The maximum absolute atomic E-state index is 13.1. The maximum Gasteiger partial charge on any atom is 0.416 e. The van der Waals surface area contributed by atoms with Crippen molar-refractivity contribution in [1.29, 1.82) is 0 Å². The van der Waals surface area contributed by atoms with Crippen LogP contribution in [0.15, 0.2) is 49.8 Å². The Kier molecular flexibility index (Phi) is 8.33. The van der Waals surface area contributed by atoms with Crippen LogP contribution in [0.4, 0.5) is 19.0 Å². The second-order valence-electron chi connectivity index (χ2n) is 10.5. The van der Waals surface area contributed by atoms with Gasteiger partial charge in [0.2, 0.25) is 0 Å². The lowest BCUT2D eigenvalue weighted by molar-refractivity contribution is -0.137. The number of anilines is 1. The van der Waals surface area contributed by atoms with Crippen molar-refractivity contribution in [2.45, 2.75) is 62.8 Å². The Morgan fingerprint density at radius 3 is 2.41 bits per heavy atom. The van der Waals surface area contributed by atoms with Crippen LogP contribution < -0.4 is 5.32 Å². The molecule has 2 aliphatic rings. The van der Waals surface area contributed by atoms with Gasteiger partial charge in [0.15, 0.2) is 5.78 Å². The molecular formula is C28H35F3N4O2. The number of hydrogen-bond donors (Lipinski definition) is 2. The van der Waals surface area contributed by atoms with Gasteiger partial charge < -0.3 is 10.4 Å². The van der Waals surface area contributed by atoms with Crippen LogP contribution in [0.25, 0.3) is 10.9 Å². The van der Waals surface area contributed by atoms with Crippen molar-refractivity contribution in [2.24, 2.45) is 11.8 Å². The number of aromatic nitrogens is 2. The molecule has 0 radical (unpaired) electrons. The van der Waals surface area contributed by atoms with Crippen molar-refractivity contribution in [3.63, 3.8) is 0 Å². The van der Waals surface area contributed by atoms with E-state index in [4.69, 9.17) is 0 Å². The number of carbonyl (C=O) groups is 1. The molecule has 1 aliphatic heterocycles. The number of alkyl halides is 3. The van der Waals surface area contributed by atoms with E-state index in [1.54, 1.807) is 12.2 Å². The summed E-state index contributed by atoms with van der Waals surface area (Å²) < 4.78 is 39.3. The van der Waals surface area contributed by atoms with Crippen LogP contribution >= 0.6 is 0 Å². The molecule has 2 fully saturated rings. The SMILES string of the molecule is C=CCC(O)(CC=C)C1CCC(N2CC(CC(=O)CNc3ncnc4ccc(C(F)(F)F)cc34)C2)CC1. The van der Waals surface area contributed by atoms with Crippen LogP contribution in [0.3, 0.4) is 0 Å². The quantitative estimate of drug-likeness (QED) is 0.390. The Labute approximate surface area is 215 Å². The molecule has 0 spiro atoms. The number of rotatable bonds is 11. The van der Waals surface area contributed by atoms with Gasteiger partial charge in [-0.05, 0) is 68.6 Å². The van der Waals surface area contributed by atoms with Crippen molar-refractivity contribution >= 4 is 22.5 Å². The maximum atomic E-state index is 13.1. The van der Waals surface area contributed by atoms with E-state index in [0.29, 0.717) is 30.8 Å². The molecule has 200 valence electrons. The highest BCUT2D eigenvalue weighted by atomic mass is 19.4. The molecule has 0 bridgehead atoms. The van der Waals surface area contributed by atoms with Gasteiger partial charge in [0.1, 0.15) is 12.1 Å². The summed E-state index contributed by atoms with van der Waals surface area (Å²) in [4.78, 5) is 23.1. The van der Waals surface area contributed by atoms with Gasteiger partial charge in [0.25, 0.3) is 0 Å². The third-order valence-electron chi connectivity index (χ3n) is 7.89. The van der Waals surface area contributed by atoms with Crippen molar-refractivity contribution in [1.82, 2.24) is 14.9 Å². The van der Waals surface area contributed by atoms with Crippen LogP contribution in [0.2, 0.25) is 0 Å². The zero-order valence-corrected chi connectivity index (χ0v) is 21.0. The molecule has 4 rings (SSSR count). The lowest BCUT2D eigenvalue weighted by atomic mass is 9.71. The number of Topliss-reactive ketones (excluding diaryl/α,β-unsaturated/α-hetero) is 1. The summed E-state index contributed by atoms with van der Waals surface area (Å²) in [6.07, 6.45) is 5.95. The summed E-state index contributed by atoms with van der Waals surface area (Å²) in [7, 11) is 0. The first-order chi connectivity index (χ1) is 17.6. The van der Waals surface area contributed by atoms with Crippen molar-refractivity contribution in [2.75, 3.05) is 25.0 Å². The number of fused-ring (bicyclic) bond motifs is 1. The number of ketones is 1. The number of nitrogens with zero attached hydrogens (tertiary/aromatic N) is 3. The van der Waals surface area contributed by atoms with Gasteiger partial charge in [-0.15, -0.1) is 13.2 Å². The first-order valence-electron chi connectivity index (χ1n) is 12.9. The molecule has 2 aromatic rings. The molecule has 1 aromatic heterocycles. The molecule has 1 saturated heterocycles. The first-order valence-corrected chi connectivity index (χ1v) is 12.9. The molecule has 2 N–H and O–H groups in total. The molecule has 2 heterocycles. The summed E-state index contributed by atoms with van der Waals surface area (Å²) in [6.45, 7) is 9.34. The third kappa shape index (κ3) is 6.38. The van der Waals surface area contributed by atoms with Crippen LogP contribution in [0.5, 0.6) is 0 Å². The molecule has 9 heteroatoms. The van der Waals surface area contributed by atoms with E-state index in [-0.39, 0.29) is 35.4 Å². The molecular weight excluding hydrogens is 481 g/mol. The summed E-state index contributed by atoms with van der Waals surface area (Å²) in [5.41, 5.74) is -1.15. The highest BCUT2D eigenvalue weighted by Crippen LogP contribution is 2.40. The normalized spacial score (nSPS) is 21.4. The number of likely N-dealkylation sites (tertiary alicyclic amines) is 1. The van der Waals surface area contributed by atoms with Crippen molar-refractivity contribution < 1.29 is 23.1 Å². The summed E-state index contributed by atoms with van der Waals surface area (Å²) in [5, 5.41) is 14.2. The molecule has 1 aliphatic carbocycles. The van der Waals surface area contributed by atoms with Gasteiger partial charge in [0.05, 0.1) is 23.2 Å². The number of benzene rings is 1. The van der Waals surface area contributed by atoms with Gasteiger partial charge in [0, 0.05) is 30.9 Å². The average Bonchev–Trinajstić information content (AvgIpc) is 2.84. The topological polar surface area (TPSA) is 78.4 Å². The minimum Gasteiger partial charge on any atom is -0.389 e. The van der Waals surface area contributed by atoms with E-state index in [2.05, 4.69) is 33.3 Å². The Morgan fingerprint density at radius 1 is 1.11 bits per heavy atom. The van der Waals surface area contributed by atoms with E-state index in [1.165, 1.54) is 12.4 Å². The van der Waals surface area contributed by atoms with Gasteiger partial charge in [-0.1, -0.05) is 12.2 Å². The van der Waals surface area contributed by atoms with E-state index in [9.17, 15) is 23.1 Å². The molecule has 0 amide bonds. The summed E-state index contributed by atoms with van der Waals surface area (Å²) in [6, 6.07) is 3.79. The molecule has 1 aromatic carbocycles. The van der Waals surface area contributed by atoms with E-state index in [0.717, 1.165) is 50.9 Å². The monoisotopic (exact) mass is 516 g/mol. The van der Waals surface area contributed by atoms with Gasteiger partial charge in [-0.3, -0.25) is 9.69 Å². The number of nitrogens with one attached hydrogen (secondary N) is 1. The molecule has 0 unspecified atom stereocenters. The fourth-order valence-corrected chi connectivity index (χ4v) is 5.88. The highest BCUT2D eigenvalue weighted by molar-refractivity contribution is 5.91. The van der Waals surface area contributed by atoms with E-state index >= 15 is 0 Å². The lowest BCUT2D eigenvalue weighted by Gasteiger charge is -2.48. The standard InChI is InChI=1S/C28H35F3N4O2/c1-3-11-27(37,12-4-2)20-5-8-22(9-6-20)35-16-19(17-35)13-23(36)15-32-26-24-14-21(28(29,30)31)7-10-25(24)33-18-34-26/h3-4,7,10,14,18-20,22,37H,1-2,5-6,8-9,11-13,15-17H2,(H,32,33,34). The van der Waals surface area contributed by atoms with Crippen molar-refractivity contribution in [3.8, 4) is 0 Å². The molecule has 1 saturated carbocycles. The zero-order chi connectivity index (χ0) is 26.6. The Bertz CT molecular complexity index is 1110. The fraction of sp³-hybridized carbons (Fsp3) is 0.536. The Hall–Kier alpha value is -2.78. The smallest absolute Gasteiger partial charge is 0.389 e. The predicted octanol–water partition coefficient (Wildman–Crippen LogP) is 5.39. The highest BCUT2D eigenvalue weighted by Gasteiger charge is 2.40. The molecule has 0 atom stereocenters. The Balaban J connectivity index is 1.23. The Morgan fingerprint density at radius 2 is 1.78 bits per heavy atom. The third-order valence-corrected chi connectivity index (χ3v) is 7.89. The number of aliphatic hydroxyl groups is 1. The average molecular weight is 517 g/mol. The summed E-state index contributed by atoms with van der Waals surface area (Å²) in [5.74, 6) is 0.759. The van der Waals surface area contributed by atoms with E-state index < -0.39 is 17.3 Å². The van der Waals surface area contributed by atoms with Gasteiger partial charge >= 0.3 is 6.18 Å². The van der Waals surface area contributed by atoms with Gasteiger partial charge in [-0.2, -0.15) is 13.2 Å². The second kappa shape index (κ2) is 11.3. The fourth-order valence-electron chi connectivity index (χ4n) is 5.88. The number of hydrogen-bond acceptors (Lipinski definition) is 6. The van der Waals surface area contributed by atoms with Gasteiger partial charge in [-0.25, -0.2) is 9.97 Å². The molecule has 37 heavy (non-hydrogen) atoms. The largest absolute Gasteiger partial charge is 0.416 e. The van der Waals surface area contributed by atoms with Crippen LogP contribution in [-0.2, 0) is 11.0 Å². The predicted molar refractivity (Wildman–Crippen MR) is 138 cm³/mol. The number of carbonyl (C=O) groups excluding carboxylic acids is 1. The van der Waals surface area contributed by atoms with Crippen LogP contribution in [-0.4, -0.2) is 57.0 Å². The van der Waals surface area contributed by atoms with Crippen molar-refractivity contribution in [3.05, 3.63) is 55.4 Å².